The molecule has 0 bridgehead atoms. The highest BCUT2D eigenvalue weighted by Gasteiger charge is 2.25. The summed E-state index contributed by atoms with van der Waals surface area (Å²) in [5.41, 5.74) is 1.68. The number of anilines is 1. The molecule has 1 aliphatic heterocycles. The lowest BCUT2D eigenvalue weighted by Gasteiger charge is -2.08. The summed E-state index contributed by atoms with van der Waals surface area (Å²) in [5, 5.41) is 5.98. The largest absolute Gasteiger partial charge is 0.320 e. The predicted molar refractivity (Wildman–Crippen MR) is 85.4 cm³/mol. The van der Waals surface area contributed by atoms with Gasteiger partial charge < -0.3 is 10.6 Å². The fourth-order valence-corrected chi connectivity index (χ4v) is 2.82. The van der Waals surface area contributed by atoms with Crippen LogP contribution in [0.5, 0.6) is 0 Å². The van der Waals surface area contributed by atoms with E-state index in [9.17, 15) is 9.59 Å². The number of hydrogen-bond donors (Lipinski definition) is 2. The molecule has 1 aliphatic rings. The molecular weight excluding hydrogens is 280 g/mol. The highest BCUT2D eigenvalue weighted by atomic mass is 16.2. The number of nitrogens with zero attached hydrogens (tertiary/aromatic N) is 2. The lowest BCUT2D eigenvalue weighted by Crippen LogP contribution is -2.28. The summed E-state index contributed by atoms with van der Waals surface area (Å²) in [7, 11) is 1.82. The second kappa shape index (κ2) is 5.81. The molecule has 6 nitrogen and oxygen atoms in total. The first kappa shape index (κ1) is 14.6. The molecule has 1 amide bonds. The Balaban J connectivity index is 1.96. The van der Waals surface area contributed by atoms with Crippen molar-refractivity contribution in [3.63, 3.8) is 0 Å². The van der Waals surface area contributed by atoms with E-state index in [2.05, 4.69) is 10.6 Å². The van der Waals surface area contributed by atoms with Crippen molar-refractivity contribution in [2.45, 2.75) is 13.3 Å². The molecule has 116 valence electrons. The SMILES string of the molecule is Cc1c(NC(=O)C2CCNC2)c(=O)n(-c2ccccc2)n1C. The first-order valence-corrected chi connectivity index (χ1v) is 7.45. The Bertz CT molecular complexity index is 739. The molecular formula is C16H20N4O2. The van der Waals surface area contributed by atoms with Crippen LogP contribution in [0, 0.1) is 12.8 Å². The van der Waals surface area contributed by atoms with Gasteiger partial charge >= 0.3 is 0 Å². The molecule has 3 rings (SSSR count). The monoisotopic (exact) mass is 300 g/mol. The van der Waals surface area contributed by atoms with Gasteiger partial charge in [-0.15, -0.1) is 0 Å². The van der Waals surface area contributed by atoms with Crippen LogP contribution in [0.3, 0.4) is 0 Å². The van der Waals surface area contributed by atoms with E-state index < -0.39 is 0 Å². The van der Waals surface area contributed by atoms with E-state index in [-0.39, 0.29) is 17.4 Å². The molecule has 1 atom stereocenters. The second-order valence-electron chi connectivity index (χ2n) is 5.62. The van der Waals surface area contributed by atoms with Crippen LogP contribution >= 0.6 is 0 Å². The zero-order chi connectivity index (χ0) is 15.7. The fraction of sp³-hybridized carbons (Fsp3) is 0.375. The van der Waals surface area contributed by atoms with Gasteiger partial charge in [-0.1, -0.05) is 18.2 Å². The highest BCUT2D eigenvalue weighted by molar-refractivity contribution is 5.93. The molecule has 1 saturated heterocycles. The van der Waals surface area contributed by atoms with Gasteiger partial charge in [0.25, 0.3) is 5.56 Å². The first-order chi connectivity index (χ1) is 10.6. The minimum absolute atomic E-state index is 0.0656. The summed E-state index contributed by atoms with van der Waals surface area (Å²) >= 11 is 0. The van der Waals surface area contributed by atoms with Crippen LogP contribution in [0.2, 0.25) is 0 Å². The molecule has 6 heteroatoms. The van der Waals surface area contributed by atoms with Crippen molar-refractivity contribution in [3.05, 3.63) is 46.4 Å². The normalized spacial score (nSPS) is 17.6. The van der Waals surface area contributed by atoms with Gasteiger partial charge in [-0.05, 0) is 32.0 Å². The van der Waals surface area contributed by atoms with Crippen molar-refractivity contribution in [2.24, 2.45) is 13.0 Å². The van der Waals surface area contributed by atoms with Gasteiger partial charge in [0.1, 0.15) is 5.69 Å². The van der Waals surface area contributed by atoms with E-state index in [1.807, 2.05) is 44.3 Å². The average Bonchev–Trinajstić information content (AvgIpc) is 3.13. The molecule has 0 saturated carbocycles. The van der Waals surface area contributed by atoms with E-state index in [1.54, 1.807) is 9.36 Å². The van der Waals surface area contributed by atoms with E-state index in [0.717, 1.165) is 24.3 Å². The van der Waals surface area contributed by atoms with Crippen molar-refractivity contribution in [1.82, 2.24) is 14.7 Å². The maximum absolute atomic E-state index is 12.7. The lowest BCUT2D eigenvalue weighted by molar-refractivity contribution is -0.119. The summed E-state index contributed by atoms with van der Waals surface area (Å²) in [6.07, 6.45) is 0.810. The number of carbonyl (C=O) groups excluding carboxylic acids is 1. The number of aromatic nitrogens is 2. The summed E-state index contributed by atoms with van der Waals surface area (Å²) < 4.78 is 3.33. The maximum Gasteiger partial charge on any atom is 0.295 e. The van der Waals surface area contributed by atoms with Crippen LogP contribution in [-0.2, 0) is 11.8 Å². The standard InChI is InChI=1S/C16H20N4O2/c1-11-14(18-15(21)12-8-9-17-10-12)16(22)20(19(11)2)13-6-4-3-5-7-13/h3-7,12,17H,8-10H2,1-2H3,(H,18,21). The van der Waals surface area contributed by atoms with E-state index >= 15 is 0 Å². The number of rotatable bonds is 3. The van der Waals surface area contributed by atoms with Crippen molar-refractivity contribution in [2.75, 3.05) is 18.4 Å². The van der Waals surface area contributed by atoms with Gasteiger partial charge in [-0.3, -0.25) is 14.3 Å². The molecule has 2 aromatic rings. The van der Waals surface area contributed by atoms with Crippen LogP contribution in [-0.4, -0.2) is 28.4 Å². The molecule has 1 aromatic heterocycles. The maximum atomic E-state index is 12.7. The zero-order valence-electron chi connectivity index (χ0n) is 12.8. The minimum Gasteiger partial charge on any atom is -0.320 e. The Morgan fingerprint density at radius 1 is 1.32 bits per heavy atom. The molecule has 22 heavy (non-hydrogen) atoms. The topological polar surface area (TPSA) is 68.1 Å². The molecule has 0 radical (unpaired) electrons. The van der Waals surface area contributed by atoms with Crippen molar-refractivity contribution >= 4 is 11.6 Å². The fourth-order valence-electron chi connectivity index (χ4n) is 2.82. The average molecular weight is 300 g/mol. The number of benzene rings is 1. The third-order valence-corrected chi connectivity index (χ3v) is 4.23. The van der Waals surface area contributed by atoms with Crippen LogP contribution in [0.4, 0.5) is 5.69 Å². The third kappa shape index (κ3) is 2.46. The van der Waals surface area contributed by atoms with Crippen molar-refractivity contribution in [1.29, 1.82) is 0 Å². The first-order valence-electron chi connectivity index (χ1n) is 7.45. The molecule has 2 N–H and O–H groups in total. The third-order valence-electron chi connectivity index (χ3n) is 4.23. The molecule has 0 aliphatic carbocycles. The van der Waals surface area contributed by atoms with Gasteiger partial charge in [0.2, 0.25) is 5.91 Å². The van der Waals surface area contributed by atoms with Gasteiger partial charge in [-0.25, -0.2) is 4.68 Å². The Morgan fingerprint density at radius 2 is 2.05 bits per heavy atom. The Kier molecular flexibility index (Phi) is 3.85. The van der Waals surface area contributed by atoms with Gasteiger partial charge in [0, 0.05) is 13.6 Å². The van der Waals surface area contributed by atoms with E-state index in [0.29, 0.717) is 12.2 Å². The van der Waals surface area contributed by atoms with Crippen LogP contribution in [0.25, 0.3) is 5.69 Å². The number of carbonyl (C=O) groups is 1. The summed E-state index contributed by atoms with van der Waals surface area (Å²) in [6, 6.07) is 9.40. The number of para-hydroxylation sites is 1. The van der Waals surface area contributed by atoms with Crippen molar-refractivity contribution in [3.8, 4) is 5.69 Å². The molecule has 1 unspecified atom stereocenters. The van der Waals surface area contributed by atoms with E-state index in [4.69, 9.17) is 0 Å². The highest BCUT2D eigenvalue weighted by Crippen LogP contribution is 2.16. The minimum atomic E-state index is -0.203. The Morgan fingerprint density at radius 3 is 2.68 bits per heavy atom. The number of nitrogens with one attached hydrogen (secondary N) is 2. The molecule has 0 spiro atoms. The summed E-state index contributed by atoms with van der Waals surface area (Å²) in [6.45, 7) is 3.36. The number of amides is 1. The van der Waals surface area contributed by atoms with Gasteiger partial charge in [0.15, 0.2) is 0 Å². The molecule has 1 aromatic carbocycles. The van der Waals surface area contributed by atoms with Crippen molar-refractivity contribution < 1.29 is 4.79 Å². The lowest BCUT2D eigenvalue weighted by atomic mass is 10.1. The second-order valence-corrected chi connectivity index (χ2v) is 5.62. The van der Waals surface area contributed by atoms with E-state index in [1.165, 1.54) is 0 Å². The van der Waals surface area contributed by atoms with Gasteiger partial charge in [0.05, 0.1) is 17.3 Å². The molecule has 1 fully saturated rings. The Hall–Kier alpha value is -2.34. The van der Waals surface area contributed by atoms with Crippen LogP contribution in [0.1, 0.15) is 12.1 Å². The summed E-state index contributed by atoms with van der Waals surface area (Å²) in [4.78, 5) is 24.9. The van der Waals surface area contributed by atoms with Crippen LogP contribution in [0.15, 0.2) is 35.1 Å². The Labute approximate surface area is 128 Å². The quantitative estimate of drug-likeness (QED) is 0.890. The number of hydrogen-bond acceptors (Lipinski definition) is 3. The smallest absolute Gasteiger partial charge is 0.295 e. The molecule has 2 heterocycles. The predicted octanol–water partition coefficient (Wildman–Crippen LogP) is 1.03. The van der Waals surface area contributed by atoms with Crippen LogP contribution < -0.4 is 16.2 Å². The summed E-state index contributed by atoms with van der Waals surface area (Å²) in [5.74, 6) is -0.153. The zero-order valence-corrected chi connectivity index (χ0v) is 12.8. The van der Waals surface area contributed by atoms with Gasteiger partial charge in [-0.2, -0.15) is 0 Å².